The van der Waals surface area contributed by atoms with Crippen LogP contribution in [-0.4, -0.2) is 16.8 Å². The predicted molar refractivity (Wildman–Crippen MR) is 79.7 cm³/mol. The van der Waals surface area contributed by atoms with Gasteiger partial charge in [0.25, 0.3) is 11.8 Å². The lowest BCUT2D eigenvalue weighted by atomic mass is 10.0. The number of hydrazine groups is 1. The molecule has 2 aromatic rings. The summed E-state index contributed by atoms with van der Waals surface area (Å²) in [6.07, 6.45) is 1.52. The van der Waals surface area contributed by atoms with Gasteiger partial charge in [0.1, 0.15) is 5.69 Å². The number of amides is 2. The van der Waals surface area contributed by atoms with Crippen LogP contribution in [0.3, 0.4) is 0 Å². The van der Waals surface area contributed by atoms with Crippen molar-refractivity contribution in [2.45, 2.75) is 19.8 Å². The van der Waals surface area contributed by atoms with Gasteiger partial charge in [-0.15, -0.1) is 0 Å². The minimum atomic E-state index is -0.456. The number of nitrogens with one attached hydrogen (secondary N) is 2. The maximum atomic E-state index is 11.9. The summed E-state index contributed by atoms with van der Waals surface area (Å²) in [6.45, 7) is 4.17. The Morgan fingerprint density at radius 1 is 0.952 bits per heavy atom. The van der Waals surface area contributed by atoms with Gasteiger partial charge in [-0.2, -0.15) is 0 Å². The lowest BCUT2D eigenvalue weighted by Crippen LogP contribution is -2.41. The van der Waals surface area contributed by atoms with Crippen LogP contribution in [0.2, 0.25) is 0 Å². The molecule has 0 radical (unpaired) electrons. The van der Waals surface area contributed by atoms with Gasteiger partial charge in [-0.25, -0.2) is 0 Å². The van der Waals surface area contributed by atoms with Crippen molar-refractivity contribution in [3.05, 3.63) is 65.5 Å². The van der Waals surface area contributed by atoms with Gasteiger partial charge in [-0.05, 0) is 35.7 Å². The van der Waals surface area contributed by atoms with Gasteiger partial charge in [-0.3, -0.25) is 25.4 Å². The summed E-state index contributed by atoms with van der Waals surface area (Å²) in [4.78, 5) is 27.5. The van der Waals surface area contributed by atoms with E-state index in [1.165, 1.54) is 6.20 Å². The molecule has 2 amide bonds. The molecule has 0 saturated carbocycles. The number of aromatic nitrogens is 1. The van der Waals surface area contributed by atoms with E-state index < -0.39 is 5.91 Å². The van der Waals surface area contributed by atoms with Crippen molar-refractivity contribution >= 4 is 11.8 Å². The smallest absolute Gasteiger partial charge is 0.267 e. The van der Waals surface area contributed by atoms with Crippen LogP contribution in [0.1, 0.15) is 46.2 Å². The SMILES string of the molecule is CC(C)c1ccc(C(=O)NNC(=O)c2ccccn2)cc1. The number of rotatable bonds is 3. The average molecular weight is 283 g/mol. The van der Waals surface area contributed by atoms with Crippen molar-refractivity contribution < 1.29 is 9.59 Å². The standard InChI is InChI=1S/C16H17N3O2/c1-11(2)12-6-8-13(9-7-12)15(20)18-19-16(21)14-5-3-4-10-17-14/h3-11H,1-2H3,(H,18,20)(H,19,21). The number of hydrogen-bond donors (Lipinski definition) is 2. The van der Waals surface area contributed by atoms with Crippen LogP contribution in [0.5, 0.6) is 0 Å². The van der Waals surface area contributed by atoms with E-state index in [0.29, 0.717) is 11.5 Å². The first-order valence-electron chi connectivity index (χ1n) is 6.69. The topological polar surface area (TPSA) is 71.1 Å². The Hall–Kier alpha value is -2.69. The van der Waals surface area contributed by atoms with Gasteiger partial charge in [-0.1, -0.05) is 32.0 Å². The molecule has 21 heavy (non-hydrogen) atoms. The molecule has 0 aliphatic rings. The third kappa shape index (κ3) is 3.89. The highest BCUT2D eigenvalue weighted by Gasteiger charge is 2.09. The molecule has 0 spiro atoms. The molecule has 5 heteroatoms. The largest absolute Gasteiger partial charge is 0.288 e. The summed E-state index contributed by atoms with van der Waals surface area (Å²) in [5, 5.41) is 0. The van der Waals surface area contributed by atoms with Crippen molar-refractivity contribution in [3.8, 4) is 0 Å². The molecular formula is C16H17N3O2. The predicted octanol–water partition coefficient (Wildman–Crippen LogP) is 2.28. The van der Waals surface area contributed by atoms with Crippen LogP contribution in [-0.2, 0) is 0 Å². The Balaban J connectivity index is 1.94. The second-order valence-electron chi connectivity index (χ2n) is 4.90. The molecule has 0 fully saturated rings. The molecule has 2 N–H and O–H groups in total. The van der Waals surface area contributed by atoms with Crippen molar-refractivity contribution in [1.82, 2.24) is 15.8 Å². The Morgan fingerprint density at radius 2 is 1.62 bits per heavy atom. The van der Waals surface area contributed by atoms with Crippen molar-refractivity contribution in [2.75, 3.05) is 0 Å². The summed E-state index contributed by atoms with van der Waals surface area (Å²) >= 11 is 0. The van der Waals surface area contributed by atoms with Gasteiger partial charge in [0.05, 0.1) is 0 Å². The van der Waals surface area contributed by atoms with E-state index in [0.717, 1.165) is 5.56 Å². The average Bonchev–Trinajstić information content (AvgIpc) is 2.53. The Kier molecular flexibility index (Phi) is 4.66. The van der Waals surface area contributed by atoms with E-state index in [1.807, 2.05) is 12.1 Å². The normalized spacial score (nSPS) is 10.2. The lowest BCUT2D eigenvalue weighted by molar-refractivity contribution is 0.0844. The van der Waals surface area contributed by atoms with Crippen molar-refractivity contribution in [2.24, 2.45) is 0 Å². The molecule has 1 heterocycles. The zero-order chi connectivity index (χ0) is 15.2. The molecule has 0 atom stereocenters. The summed E-state index contributed by atoms with van der Waals surface area (Å²) in [5.74, 6) is -0.414. The highest BCUT2D eigenvalue weighted by molar-refractivity contribution is 5.98. The minimum Gasteiger partial charge on any atom is -0.267 e. The van der Waals surface area contributed by atoms with Crippen LogP contribution in [0, 0.1) is 0 Å². The molecule has 0 saturated heterocycles. The number of pyridine rings is 1. The zero-order valence-corrected chi connectivity index (χ0v) is 12.0. The van der Waals surface area contributed by atoms with E-state index >= 15 is 0 Å². The first kappa shape index (κ1) is 14.7. The summed E-state index contributed by atoms with van der Waals surface area (Å²) in [7, 11) is 0. The molecule has 0 aliphatic carbocycles. The quantitative estimate of drug-likeness (QED) is 0.849. The summed E-state index contributed by atoms with van der Waals surface area (Å²) in [6, 6.07) is 12.3. The number of benzene rings is 1. The first-order valence-corrected chi connectivity index (χ1v) is 6.69. The molecule has 1 aromatic carbocycles. The van der Waals surface area contributed by atoms with E-state index in [-0.39, 0.29) is 11.6 Å². The van der Waals surface area contributed by atoms with Crippen LogP contribution in [0.15, 0.2) is 48.7 Å². The number of carbonyl (C=O) groups is 2. The first-order chi connectivity index (χ1) is 10.1. The maximum absolute atomic E-state index is 11.9. The third-order valence-corrected chi connectivity index (χ3v) is 3.03. The summed E-state index contributed by atoms with van der Waals surface area (Å²) in [5.41, 5.74) is 6.59. The van der Waals surface area contributed by atoms with Crippen molar-refractivity contribution in [3.63, 3.8) is 0 Å². The Labute approximate surface area is 123 Å². The fraction of sp³-hybridized carbons (Fsp3) is 0.188. The lowest BCUT2D eigenvalue weighted by Gasteiger charge is -2.08. The number of carbonyl (C=O) groups excluding carboxylic acids is 2. The molecule has 5 nitrogen and oxygen atoms in total. The maximum Gasteiger partial charge on any atom is 0.288 e. The van der Waals surface area contributed by atoms with Gasteiger partial charge in [0.15, 0.2) is 0 Å². The van der Waals surface area contributed by atoms with E-state index in [4.69, 9.17) is 0 Å². The molecule has 0 aliphatic heterocycles. The number of nitrogens with zero attached hydrogens (tertiary/aromatic N) is 1. The highest BCUT2D eigenvalue weighted by atomic mass is 16.2. The van der Waals surface area contributed by atoms with E-state index in [2.05, 4.69) is 29.7 Å². The van der Waals surface area contributed by atoms with Crippen LogP contribution >= 0.6 is 0 Å². The van der Waals surface area contributed by atoms with Gasteiger partial charge < -0.3 is 0 Å². The monoisotopic (exact) mass is 283 g/mol. The summed E-state index contributed by atoms with van der Waals surface area (Å²) < 4.78 is 0. The van der Waals surface area contributed by atoms with Gasteiger partial charge in [0, 0.05) is 11.8 Å². The molecule has 0 unspecified atom stereocenters. The van der Waals surface area contributed by atoms with Gasteiger partial charge in [0.2, 0.25) is 0 Å². The van der Waals surface area contributed by atoms with Crippen LogP contribution in [0.4, 0.5) is 0 Å². The molecule has 2 rings (SSSR count). The Morgan fingerprint density at radius 3 is 2.19 bits per heavy atom. The zero-order valence-electron chi connectivity index (χ0n) is 12.0. The van der Waals surface area contributed by atoms with E-state index in [9.17, 15) is 9.59 Å². The second-order valence-corrected chi connectivity index (χ2v) is 4.90. The second kappa shape index (κ2) is 6.65. The molecular weight excluding hydrogens is 266 g/mol. The third-order valence-electron chi connectivity index (χ3n) is 3.03. The minimum absolute atomic E-state index is 0.243. The highest BCUT2D eigenvalue weighted by Crippen LogP contribution is 2.14. The fourth-order valence-electron chi connectivity index (χ4n) is 1.77. The van der Waals surface area contributed by atoms with Crippen molar-refractivity contribution in [1.29, 1.82) is 0 Å². The van der Waals surface area contributed by atoms with Crippen LogP contribution in [0.25, 0.3) is 0 Å². The molecule has 1 aromatic heterocycles. The van der Waals surface area contributed by atoms with E-state index in [1.54, 1.807) is 30.3 Å². The number of hydrogen-bond acceptors (Lipinski definition) is 3. The van der Waals surface area contributed by atoms with Gasteiger partial charge >= 0.3 is 0 Å². The Bertz CT molecular complexity index is 622. The molecule has 108 valence electrons. The molecule has 0 bridgehead atoms. The van der Waals surface area contributed by atoms with Crippen LogP contribution < -0.4 is 10.9 Å². The fourth-order valence-corrected chi connectivity index (χ4v) is 1.77.